The van der Waals surface area contributed by atoms with Crippen LogP contribution in [0.1, 0.15) is 21.7 Å². The Balaban J connectivity index is 1.24. The average molecular weight is 469 g/mol. The number of hydrogen-bond acceptors (Lipinski definition) is 5. The second kappa shape index (κ2) is 8.31. The van der Waals surface area contributed by atoms with Crippen LogP contribution in [0.5, 0.6) is 0 Å². The molecule has 0 saturated heterocycles. The molecule has 0 radical (unpaired) electrons. The van der Waals surface area contributed by atoms with E-state index in [4.69, 9.17) is 4.42 Å². The first-order valence-electron chi connectivity index (χ1n) is 10.9. The molecule has 1 atom stereocenters. The van der Waals surface area contributed by atoms with Crippen molar-refractivity contribution in [1.82, 2.24) is 14.3 Å². The van der Waals surface area contributed by atoms with Crippen LogP contribution >= 0.6 is 11.3 Å². The van der Waals surface area contributed by atoms with Crippen molar-refractivity contribution in [3.8, 4) is 11.3 Å². The van der Waals surface area contributed by atoms with Gasteiger partial charge in [-0.05, 0) is 35.4 Å². The molecule has 5 aromatic rings. The number of nitrogens with one attached hydrogen (secondary N) is 1. The van der Waals surface area contributed by atoms with Crippen LogP contribution in [0.25, 0.3) is 16.2 Å². The van der Waals surface area contributed by atoms with Crippen molar-refractivity contribution in [2.75, 3.05) is 5.32 Å². The predicted molar refractivity (Wildman–Crippen MR) is 130 cm³/mol. The second-order valence-corrected chi connectivity index (χ2v) is 9.06. The van der Waals surface area contributed by atoms with Crippen molar-refractivity contribution >= 4 is 33.8 Å². The maximum Gasteiger partial charge on any atom is 0.290 e. The van der Waals surface area contributed by atoms with Crippen LogP contribution in [0.3, 0.4) is 0 Å². The van der Waals surface area contributed by atoms with E-state index >= 15 is 0 Å². The molecule has 1 N–H and O–H groups in total. The van der Waals surface area contributed by atoms with Gasteiger partial charge in [-0.25, -0.2) is 4.98 Å². The standard InChI is InChI=1S/C26H20N4O3S/c31-24(27-20-9-7-17(8-10-20)21-16-29-11-13-34-26(29)28-21)22-14-18-4-1-2-5-19(18)15-30(22)25(32)23-6-3-12-33-23/h1-13,16,22H,14-15H2,(H,27,31). The van der Waals surface area contributed by atoms with Crippen molar-refractivity contribution in [1.29, 1.82) is 0 Å². The third-order valence-electron chi connectivity index (χ3n) is 6.09. The van der Waals surface area contributed by atoms with E-state index in [-0.39, 0.29) is 17.6 Å². The van der Waals surface area contributed by atoms with Gasteiger partial charge in [0, 0.05) is 42.0 Å². The molecule has 7 nitrogen and oxygen atoms in total. The lowest BCUT2D eigenvalue weighted by Crippen LogP contribution is -2.50. The number of rotatable bonds is 4. The summed E-state index contributed by atoms with van der Waals surface area (Å²) in [5.41, 5.74) is 4.62. The van der Waals surface area contributed by atoms with Crippen molar-refractivity contribution in [2.45, 2.75) is 19.0 Å². The SMILES string of the molecule is O=C(Nc1ccc(-c2cn3ccsc3n2)cc1)C1Cc2ccccc2CN1C(=O)c1ccco1. The smallest absolute Gasteiger partial charge is 0.290 e. The van der Waals surface area contributed by atoms with Gasteiger partial charge in [-0.2, -0.15) is 0 Å². The average Bonchev–Trinajstić information content (AvgIpc) is 3.61. The number of anilines is 1. The highest BCUT2D eigenvalue weighted by Gasteiger charge is 2.36. The lowest BCUT2D eigenvalue weighted by molar-refractivity contribution is -0.121. The highest BCUT2D eigenvalue weighted by Crippen LogP contribution is 2.27. The summed E-state index contributed by atoms with van der Waals surface area (Å²) in [4.78, 5) is 33.6. The molecule has 1 unspecified atom stereocenters. The van der Waals surface area contributed by atoms with E-state index in [9.17, 15) is 9.59 Å². The summed E-state index contributed by atoms with van der Waals surface area (Å²) >= 11 is 1.58. The molecule has 6 rings (SSSR count). The Bertz CT molecular complexity index is 1460. The number of aromatic nitrogens is 2. The lowest BCUT2D eigenvalue weighted by Gasteiger charge is -2.35. The normalized spacial score (nSPS) is 15.3. The Hall–Kier alpha value is -4.17. The van der Waals surface area contributed by atoms with Gasteiger partial charge in [0.05, 0.1) is 12.0 Å². The summed E-state index contributed by atoms with van der Waals surface area (Å²) in [6.07, 6.45) is 5.86. The Labute approximate surface area is 199 Å². The molecule has 4 heterocycles. The molecule has 1 aliphatic heterocycles. The molecule has 8 heteroatoms. The van der Waals surface area contributed by atoms with E-state index in [1.807, 2.05) is 70.7 Å². The fourth-order valence-electron chi connectivity index (χ4n) is 4.33. The van der Waals surface area contributed by atoms with Gasteiger partial charge in [0.25, 0.3) is 5.91 Å². The number of nitrogens with zero attached hydrogens (tertiary/aromatic N) is 3. The molecule has 0 bridgehead atoms. The number of carbonyl (C=O) groups is 2. The van der Waals surface area contributed by atoms with E-state index in [2.05, 4.69) is 10.3 Å². The molecule has 0 saturated carbocycles. The molecule has 168 valence electrons. The first kappa shape index (κ1) is 20.4. The van der Waals surface area contributed by atoms with Gasteiger partial charge >= 0.3 is 0 Å². The summed E-state index contributed by atoms with van der Waals surface area (Å²) in [5, 5.41) is 4.98. The van der Waals surface area contributed by atoms with Crippen molar-refractivity contribution in [3.05, 3.63) is 102 Å². The minimum atomic E-state index is -0.646. The van der Waals surface area contributed by atoms with Crippen LogP contribution in [0.15, 0.2) is 89.1 Å². The van der Waals surface area contributed by atoms with Crippen molar-refractivity contribution in [2.24, 2.45) is 0 Å². The number of thiazole rings is 1. The van der Waals surface area contributed by atoms with Crippen LogP contribution < -0.4 is 5.32 Å². The summed E-state index contributed by atoms with van der Waals surface area (Å²) in [6.45, 7) is 0.351. The summed E-state index contributed by atoms with van der Waals surface area (Å²) < 4.78 is 7.31. The summed E-state index contributed by atoms with van der Waals surface area (Å²) in [7, 11) is 0. The van der Waals surface area contributed by atoms with Crippen LogP contribution in [0.4, 0.5) is 5.69 Å². The van der Waals surface area contributed by atoms with Gasteiger partial charge in [0.2, 0.25) is 5.91 Å². The Morgan fingerprint density at radius 3 is 2.62 bits per heavy atom. The Morgan fingerprint density at radius 1 is 1.03 bits per heavy atom. The zero-order chi connectivity index (χ0) is 23.1. The fraction of sp³-hybridized carbons (Fsp3) is 0.115. The lowest BCUT2D eigenvalue weighted by atomic mass is 9.93. The number of benzene rings is 2. The van der Waals surface area contributed by atoms with Gasteiger partial charge < -0.3 is 14.6 Å². The maximum atomic E-state index is 13.3. The maximum absolute atomic E-state index is 13.3. The van der Waals surface area contributed by atoms with Crippen LogP contribution in [0, 0.1) is 0 Å². The van der Waals surface area contributed by atoms with Crippen molar-refractivity contribution < 1.29 is 14.0 Å². The quantitative estimate of drug-likeness (QED) is 0.408. The zero-order valence-electron chi connectivity index (χ0n) is 18.0. The molecule has 3 aromatic heterocycles. The zero-order valence-corrected chi connectivity index (χ0v) is 18.9. The monoisotopic (exact) mass is 468 g/mol. The topological polar surface area (TPSA) is 79.9 Å². The largest absolute Gasteiger partial charge is 0.459 e. The second-order valence-electron chi connectivity index (χ2n) is 8.18. The summed E-state index contributed by atoms with van der Waals surface area (Å²) in [6, 6.07) is 18.1. The van der Waals surface area contributed by atoms with Crippen molar-refractivity contribution in [3.63, 3.8) is 0 Å². The van der Waals surface area contributed by atoms with E-state index in [0.29, 0.717) is 18.7 Å². The first-order chi connectivity index (χ1) is 16.7. The Morgan fingerprint density at radius 2 is 1.85 bits per heavy atom. The number of fused-ring (bicyclic) bond motifs is 2. The molecule has 34 heavy (non-hydrogen) atoms. The molecular formula is C26H20N4O3S. The first-order valence-corrected chi connectivity index (χ1v) is 11.8. The van der Waals surface area contributed by atoms with E-state index in [1.54, 1.807) is 28.4 Å². The third-order valence-corrected chi connectivity index (χ3v) is 6.86. The minimum absolute atomic E-state index is 0.224. The molecule has 0 aliphatic carbocycles. The third kappa shape index (κ3) is 3.68. The molecule has 0 fully saturated rings. The van der Waals surface area contributed by atoms with E-state index in [1.165, 1.54) is 6.26 Å². The molecule has 2 amide bonds. The molecular weight excluding hydrogens is 448 g/mol. The van der Waals surface area contributed by atoms with Gasteiger partial charge in [-0.1, -0.05) is 36.4 Å². The van der Waals surface area contributed by atoms with Crippen LogP contribution in [-0.4, -0.2) is 32.1 Å². The fourth-order valence-corrected chi connectivity index (χ4v) is 5.03. The Kier molecular flexibility index (Phi) is 5.00. The summed E-state index contributed by atoms with van der Waals surface area (Å²) in [5.74, 6) is -0.305. The van der Waals surface area contributed by atoms with E-state index < -0.39 is 6.04 Å². The van der Waals surface area contributed by atoms with E-state index in [0.717, 1.165) is 27.3 Å². The number of furan rings is 1. The minimum Gasteiger partial charge on any atom is -0.459 e. The van der Waals surface area contributed by atoms with Gasteiger partial charge in [-0.15, -0.1) is 11.3 Å². The van der Waals surface area contributed by atoms with Crippen LogP contribution in [-0.2, 0) is 17.8 Å². The highest BCUT2D eigenvalue weighted by atomic mass is 32.1. The number of imidazole rings is 1. The molecule has 1 aliphatic rings. The van der Waals surface area contributed by atoms with Crippen LogP contribution in [0.2, 0.25) is 0 Å². The van der Waals surface area contributed by atoms with Gasteiger partial charge in [-0.3, -0.25) is 14.0 Å². The van der Waals surface area contributed by atoms with Gasteiger partial charge in [0.15, 0.2) is 10.7 Å². The number of carbonyl (C=O) groups excluding carboxylic acids is 2. The number of hydrogen-bond donors (Lipinski definition) is 1. The number of amides is 2. The van der Waals surface area contributed by atoms with Gasteiger partial charge in [0.1, 0.15) is 6.04 Å². The predicted octanol–water partition coefficient (Wildman–Crippen LogP) is 4.86. The molecule has 2 aromatic carbocycles. The highest BCUT2D eigenvalue weighted by molar-refractivity contribution is 7.15. The molecule has 0 spiro atoms.